The molecular weight excluding hydrogens is 580 g/mol. The zero-order valence-corrected chi connectivity index (χ0v) is 20.2. The fourth-order valence-electron chi connectivity index (χ4n) is 3.56. The first-order chi connectivity index (χ1) is 14.7. The second-order valence-electron chi connectivity index (χ2n) is 7.05. The number of hydrogen-bond donors (Lipinski definition) is 0. The number of rotatable bonds is 4. The number of Topliss-reactive ketones (excluding diaryl/α,β-unsaturated/α-hetero) is 1. The van der Waals surface area contributed by atoms with Crippen LogP contribution in [0.15, 0.2) is 115 Å². The van der Waals surface area contributed by atoms with Crippen LogP contribution in [0.4, 0.5) is 0 Å². The largest absolute Gasteiger partial charge is 0.295 e. The van der Waals surface area contributed by atoms with Gasteiger partial charge in [-0.15, -0.1) is 0 Å². The monoisotopic (exact) mass is 602 g/mol. The summed E-state index contributed by atoms with van der Waals surface area (Å²) in [6.45, 7) is 1.59. The first kappa shape index (κ1) is 23.0. The molecule has 0 saturated heterocycles. The van der Waals surface area contributed by atoms with E-state index in [1.165, 1.54) is 15.9 Å². The molecule has 31 heavy (non-hydrogen) atoms. The Morgan fingerprint density at radius 2 is 1.10 bits per heavy atom. The molecule has 3 heteroatoms. The van der Waals surface area contributed by atoms with Crippen molar-refractivity contribution >= 4 is 29.0 Å². The molecule has 0 aliphatic heterocycles. The van der Waals surface area contributed by atoms with Crippen LogP contribution in [0.1, 0.15) is 22.8 Å². The predicted molar refractivity (Wildman–Crippen MR) is 128 cm³/mol. The maximum absolute atomic E-state index is 11.8. The van der Waals surface area contributed by atoms with Gasteiger partial charge in [-0.1, -0.05) is 66.7 Å². The Labute approximate surface area is 200 Å². The van der Waals surface area contributed by atoms with E-state index in [1.807, 2.05) is 42.5 Å². The zero-order chi connectivity index (χ0) is 20.8. The van der Waals surface area contributed by atoms with E-state index < -0.39 is 7.26 Å². The molecule has 0 bridgehead atoms. The standard InChI is InChI=1S/C28H22OP.Au/c1-23(29)25-13-11-12-24(22-25)20-21-30(26-14-5-2-6-15-26,27-16-7-3-8-17-27)28-18-9-4-10-19-28;/h2-19,22H,1H3;/q+1;. The minimum atomic E-state index is -2.20. The van der Waals surface area contributed by atoms with Crippen molar-refractivity contribution in [3.63, 3.8) is 0 Å². The minimum absolute atomic E-state index is 0. The summed E-state index contributed by atoms with van der Waals surface area (Å²) in [4.78, 5) is 11.8. The van der Waals surface area contributed by atoms with Crippen molar-refractivity contribution in [2.45, 2.75) is 6.92 Å². The summed E-state index contributed by atoms with van der Waals surface area (Å²) in [6.07, 6.45) is 0. The van der Waals surface area contributed by atoms with Gasteiger partial charge in [0.15, 0.2) is 13.0 Å². The molecule has 0 saturated carbocycles. The Bertz CT molecular complexity index is 1110. The summed E-state index contributed by atoms with van der Waals surface area (Å²) >= 11 is 0. The van der Waals surface area contributed by atoms with Crippen LogP contribution in [0.2, 0.25) is 0 Å². The van der Waals surface area contributed by atoms with Gasteiger partial charge < -0.3 is 0 Å². The fraction of sp³-hybridized carbons (Fsp3) is 0.0357. The van der Waals surface area contributed by atoms with Gasteiger partial charge in [-0.05, 0) is 61.4 Å². The third-order valence-electron chi connectivity index (χ3n) is 5.07. The average Bonchev–Trinajstić information content (AvgIpc) is 2.82. The molecule has 0 aliphatic carbocycles. The number of benzene rings is 4. The van der Waals surface area contributed by atoms with Crippen LogP contribution in [-0.2, 0) is 22.4 Å². The average molecular weight is 602 g/mol. The van der Waals surface area contributed by atoms with Crippen LogP contribution in [0.3, 0.4) is 0 Å². The number of carbonyl (C=O) groups excluding carboxylic acids is 1. The molecule has 1 nitrogen and oxygen atoms in total. The number of ketones is 1. The Kier molecular flexibility index (Phi) is 7.80. The summed E-state index contributed by atoms with van der Waals surface area (Å²) in [7, 11) is -2.20. The first-order valence-electron chi connectivity index (χ1n) is 9.90. The molecule has 0 aliphatic rings. The van der Waals surface area contributed by atoms with Crippen molar-refractivity contribution in [2.24, 2.45) is 0 Å². The summed E-state index contributed by atoms with van der Waals surface area (Å²) in [5, 5.41) is 3.66. The van der Waals surface area contributed by atoms with E-state index in [2.05, 4.69) is 84.4 Å². The minimum Gasteiger partial charge on any atom is -0.295 e. The molecule has 0 aromatic heterocycles. The van der Waals surface area contributed by atoms with Crippen molar-refractivity contribution in [2.75, 3.05) is 0 Å². The van der Waals surface area contributed by atoms with Crippen molar-refractivity contribution < 1.29 is 27.2 Å². The van der Waals surface area contributed by atoms with E-state index in [4.69, 9.17) is 0 Å². The van der Waals surface area contributed by atoms with Gasteiger partial charge in [0.2, 0.25) is 0 Å². The molecule has 0 spiro atoms. The number of carbonyl (C=O) groups is 1. The third kappa shape index (κ3) is 4.96. The van der Waals surface area contributed by atoms with E-state index >= 15 is 0 Å². The molecule has 0 atom stereocenters. The summed E-state index contributed by atoms with van der Waals surface area (Å²) in [5.41, 5.74) is 5.26. The van der Waals surface area contributed by atoms with Gasteiger partial charge in [0.05, 0.1) is 5.66 Å². The van der Waals surface area contributed by atoms with Crippen molar-refractivity contribution in [3.8, 4) is 11.6 Å². The molecule has 0 fully saturated rings. The second-order valence-corrected chi connectivity index (χ2v) is 10.2. The maximum atomic E-state index is 11.8. The van der Waals surface area contributed by atoms with Gasteiger partial charge in [0, 0.05) is 33.5 Å². The van der Waals surface area contributed by atoms with Gasteiger partial charge in [-0.2, -0.15) is 0 Å². The van der Waals surface area contributed by atoms with Crippen molar-refractivity contribution in [3.05, 3.63) is 126 Å². The van der Waals surface area contributed by atoms with Gasteiger partial charge in [-0.3, -0.25) is 4.79 Å². The number of hydrogen-bond acceptors (Lipinski definition) is 1. The van der Waals surface area contributed by atoms with Crippen LogP contribution >= 0.6 is 7.26 Å². The second kappa shape index (κ2) is 10.5. The van der Waals surface area contributed by atoms with Gasteiger partial charge in [0.25, 0.3) is 0 Å². The zero-order valence-electron chi connectivity index (χ0n) is 17.1. The SMILES string of the molecule is CC(=O)c1cccc(C#C[P+](c2ccccc2)(c2ccccc2)c2ccccc2)c1.[Au]. The van der Waals surface area contributed by atoms with Crippen LogP contribution in [-0.4, -0.2) is 5.78 Å². The normalized spacial score (nSPS) is 10.4. The fourth-order valence-corrected chi connectivity index (χ4v) is 7.00. The van der Waals surface area contributed by atoms with Crippen LogP contribution in [0, 0.1) is 11.6 Å². The Morgan fingerprint density at radius 3 is 1.52 bits per heavy atom. The molecule has 0 N–H and O–H groups in total. The molecule has 0 unspecified atom stereocenters. The van der Waals surface area contributed by atoms with Gasteiger partial charge in [0.1, 0.15) is 15.9 Å². The molecule has 4 rings (SSSR count). The molecule has 1 radical (unpaired) electrons. The van der Waals surface area contributed by atoms with Crippen molar-refractivity contribution in [1.29, 1.82) is 0 Å². The predicted octanol–water partition coefficient (Wildman–Crippen LogP) is 5.19. The van der Waals surface area contributed by atoms with E-state index in [1.54, 1.807) is 6.92 Å². The van der Waals surface area contributed by atoms with Crippen LogP contribution in [0.5, 0.6) is 0 Å². The Morgan fingerprint density at radius 1 is 0.645 bits per heavy atom. The van der Waals surface area contributed by atoms with Gasteiger partial charge in [-0.25, -0.2) is 0 Å². The van der Waals surface area contributed by atoms with E-state index in [9.17, 15) is 4.79 Å². The Balaban J connectivity index is 0.00000272. The summed E-state index contributed by atoms with van der Waals surface area (Å²) in [6, 6.07) is 39.2. The van der Waals surface area contributed by atoms with E-state index in [-0.39, 0.29) is 28.2 Å². The Hall–Kier alpha value is -2.72. The third-order valence-corrected chi connectivity index (χ3v) is 8.73. The molecular formula is C28H22AuOP+. The maximum Gasteiger partial charge on any atom is 0.189 e. The summed E-state index contributed by atoms with van der Waals surface area (Å²) < 4.78 is 0. The van der Waals surface area contributed by atoms with E-state index in [0.717, 1.165) is 5.56 Å². The molecule has 4 aromatic rings. The molecule has 0 amide bonds. The van der Waals surface area contributed by atoms with Crippen molar-refractivity contribution in [1.82, 2.24) is 0 Å². The topological polar surface area (TPSA) is 17.1 Å². The van der Waals surface area contributed by atoms with Gasteiger partial charge >= 0.3 is 0 Å². The smallest absolute Gasteiger partial charge is 0.189 e. The van der Waals surface area contributed by atoms with E-state index in [0.29, 0.717) is 5.56 Å². The summed E-state index contributed by atoms with van der Waals surface area (Å²) in [5.74, 6) is 3.47. The van der Waals surface area contributed by atoms with Crippen LogP contribution in [0.25, 0.3) is 0 Å². The quantitative estimate of drug-likeness (QED) is 0.136. The van der Waals surface area contributed by atoms with Crippen LogP contribution < -0.4 is 15.9 Å². The first-order valence-corrected chi connectivity index (χ1v) is 11.7. The molecule has 4 aromatic carbocycles. The molecule has 155 valence electrons. The molecule has 0 heterocycles.